The van der Waals surface area contributed by atoms with E-state index in [2.05, 4.69) is 29.4 Å². The number of nitrogens with zero attached hydrogens (tertiary/aromatic N) is 1. The lowest BCUT2D eigenvalue weighted by Gasteiger charge is -2.36. The first-order chi connectivity index (χ1) is 11.8. The highest BCUT2D eigenvalue weighted by Gasteiger charge is 2.33. The number of carbonyl (C=O) groups is 2. The van der Waals surface area contributed by atoms with Gasteiger partial charge in [0.25, 0.3) is 0 Å². The van der Waals surface area contributed by atoms with E-state index in [1.807, 2.05) is 44.2 Å². The van der Waals surface area contributed by atoms with E-state index in [0.717, 1.165) is 25.1 Å². The van der Waals surface area contributed by atoms with Crippen molar-refractivity contribution >= 4 is 11.8 Å². The molecule has 1 aromatic rings. The summed E-state index contributed by atoms with van der Waals surface area (Å²) >= 11 is 0. The predicted octanol–water partition coefficient (Wildman–Crippen LogP) is 2.27. The molecule has 5 heteroatoms. The van der Waals surface area contributed by atoms with Gasteiger partial charge in [-0.05, 0) is 38.3 Å². The van der Waals surface area contributed by atoms with Crippen LogP contribution in [-0.4, -0.2) is 42.4 Å². The Bertz CT molecular complexity index is 584. The van der Waals surface area contributed by atoms with Crippen molar-refractivity contribution in [1.29, 1.82) is 0 Å². The molecule has 0 aromatic heterocycles. The zero-order valence-electron chi connectivity index (χ0n) is 15.8. The van der Waals surface area contributed by atoms with Gasteiger partial charge in [-0.3, -0.25) is 14.5 Å². The zero-order valence-corrected chi connectivity index (χ0v) is 15.8. The van der Waals surface area contributed by atoms with Crippen LogP contribution in [0.15, 0.2) is 30.3 Å². The molecule has 1 aromatic carbocycles. The average molecular weight is 345 g/mol. The monoisotopic (exact) mass is 345 g/mol. The largest absolute Gasteiger partial charge is 0.353 e. The molecule has 0 spiro atoms. The topological polar surface area (TPSA) is 61.4 Å². The maximum Gasteiger partial charge on any atom is 0.237 e. The van der Waals surface area contributed by atoms with Gasteiger partial charge in [0.15, 0.2) is 0 Å². The van der Waals surface area contributed by atoms with Crippen molar-refractivity contribution in [3.05, 3.63) is 35.9 Å². The summed E-state index contributed by atoms with van der Waals surface area (Å²) in [5.41, 5.74) is 0.583. The van der Waals surface area contributed by atoms with Crippen molar-refractivity contribution in [3.8, 4) is 0 Å². The van der Waals surface area contributed by atoms with E-state index in [1.54, 1.807) is 0 Å². The van der Waals surface area contributed by atoms with Crippen molar-refractivity contribution in [2.45, 2.75) is 52.1 Å². The summed E-state index contributed by atoms with van der Waals surface area (Å²) in [5.74, 6) is 0.449. The van der Waals surface area contributed by atoms with Crippen LogP contribution in [0.2, 0.25) is 0 Å². The van der Waals surface area contributed by atoms with E-state index in [-0.39, 0.29) is 24.3 Å². The van der Waals surface area contributed by atoms with Gasteiger partial charge in [0, 0.05) is 13.1 Å². The Hall–Kier alpha value is -1.88. The maximum atomic E-state index is 12.6. The molecule has 0 saturated carbocycles. The highest BCUT2D eigenvalue weighted by molar-refractivity contribution is 5.89. The predicted molar refractivity (Wildman–Crippen MR) is 100 cm³/mol. The minimum absolute atomic E-state index is 0.0392. The molecule has 1 aliphatic heterocycles. The summed E-state index contributed by atoms with van der Waals surface area (Å²) in [6.45, 7) is 10.6. The molecule has 2 rings (SSSR count). The standard InChI is InChI=1S/C20H31N3O2/c1-15(2)10-12-23-13-11-21-19(25)17(23)14-18(24)22-20(3,4)16-8-6-5-7-9-16/h5-9,15,17H,10-14H2,1-4H3,(H,21,25)(H,22,24)/t17-/m0/s1. The molecule has 1 heterocycles. The number of benzene rings is 1. The Morgan fingerprint density at radius 3 is 2.64 bits per heavy atom. The number of piperazine rings is 1. The average Bonchev–Trinajstić information content (AvgIpc) is 2.55. The number of nitrogens with one attached hydrogen (secondary N) is 2. The Morgan fingerprint density at radius 1 is 1.32 bits per heavy atom. The Labute approximate surface area is 151 Å². The van der Waals surface area contributed by atoms with Gasteiger partial charge in [-0.1, -0.05) is 44.2 Å². The van der Waals surface area contributed by atoms with E-state index in [1.165, 1.54) is 0 Å². The van der Waals surface area contributed by atoms with E-state index >= 15 is 0 Å². The SMILES string of the molecule is CC(C)CCN1CCNC(=O)[C@@H]1CC(=O)NC(C)(C)c1ccccc1. The molecule has 25 heavy (non-hydrogen) atoms. The normalized spacial score (nSPS) is 18.9. The first-order valence-corrected chi connectivity index (χ1v) is 9.18. The molecule has 138 valence electrons. The third-order valence-corrected chi connectivity index (χ3v) is 4.76. The van der Waals surface area contributed by atoms with Crippen LogP contribution in [0.1, 0.15) is 46.1 Å². The highest BCUT2D eigenvalue weighted by Crippen LogP contribution is 2.20. The Balaban J connectivity index is 2.00. The summed E-state index contributed by atoms with van der Waals surface area (Å²) in [7, 11) is 0. The van der Waals surface area contributed by atoms with Crippen LogP contribution in [0.25, 0.3) is 0 Å². The molecular weight excluding hydrogens is 314 g/mol. The molecule has 0 radical (unpaired) electrons. The Kier molecular flexibility index (Phi) is 6.59. The second-order valence-corrected chi connectivity index (χ2v) is 7.77. The van der Waals surface area contributed by atoms with Gasteiger partial charge in [0.1, 0.15) is 0 Å². The molecule has 0 aliphatic carbocycles. The highest BCUT2D eigenvalue weighted by atomic mass is 16.2. The fraction of sp³-hybridized carbons (Fsp3) is 0.600. The van der Waals surface area contributed by atoms with Crippen LogP contribution in [0.5, 0.6) is 0 Å². The number of amides is 2. The van der Waals surface area contributed by atoms with Gasteiger partial charge in [0.2, 0.25) is 11.8 Å². The molecule has 0 bridgehead atoms. The van der Waals surface area contributed by atoms with Gasteiger partial charge in [0.05, 0.1) is 18.0 Å². The number of rotatable bonds is 7. The van der Waals surface area contributed by atoms with E-state index in [4.69, 9.17) is 0 Å². The number of hydrogen-bond donors (Lipinski definition) is 2. The lowest BCUT2D eigenvalue weighted by atomic mass is 9.94. The second-order valence-electron chi connectivity index (χ2n) is 7.77. The lowest BCUT2D eigenvalue weighted by Crippen LogP contribution is -2.57. The van der Waals surface area contributed by atoms with Gasteiger partial charge in [-0.2, -0.15) is 0 Å². The van der Waals surface area contributed by atoms with Crippen LogP contribution >= 0.6 is 0 Å². The Morgan fingerprint density at radius 2 is 2.00 bits per heavy atom. The summed E-state index contributed by atoms with van der Waals surface area (Å²) in [5, 5.41) is 5.97. The quantitative estimate of drug-likeness (QED) is 0.797. The first kappa shape index (κ1) is 19.4. The zero-order chi connectivity index (χ0) is 18.4. The van der Waals surface area contributed by atoms with Crippen molar-refractivity contribution in [1.82, 2.24) is 15.5 Å². The minimum Gasteiger partial charge on any atom is -0.353 e. The molecule has 1 saturated heterocycles. The smallest absolute Gasteiger partial charge is 0.237 e. The van der Waals surface area contributed by atoms with Crippen molar-refractivity contribution in [2.24, 2.45) is 5.92 Å². The number of carbonyl (C=O) groups excluding carboxylic acids is 2. The minimum atomic E-state index is -0.466. The van der Waals surface area contributed by atoms with E-state index in [0.29, 0.717) is 12.5 Å². The molecule has 2 amide bonds. The summed E-state index contributed by atoms with van der Waals surface area (Å²) in [4.78, 5) is 27.0. The molecule has 5 nitrogen and oxygen atoms in total. The fourth-order valence-electron chi connectivity index (χ4n) is 3.18. The van der Waals surface area contributed by atoms with Crippen LogP contribution in [0.3, 0.4) is 0 Å². The van der Waals surface area contributed by atoms with Gasteiger partial charge < -0.3 is 10.6 Å². The van der Waals surface area contributed by atoms with Crippen LogP contribution in [0.4, 0.5) is 0 Å². The number of hydrogen-bond acceptors (Lipinski definition) is 3. The molecule has 0 unspecified atom stereocenters. The van der Waals surface area contributed by atoms with E-state index < -0.39 is 5.54 Å². The molecular formula is C20H31N3O2. The third-order valence-electron chi connectivity index (χ3n) is 4.76. The van der Waals surface area contributed by atoms with E-state index in [9.17, 15) is 9.59 Å². The van der Waals surface area contributed by atoms with Crippen LogP contribution < -0.4 is 10.6 Å². The third kappa shape index (κ3) is 5.56. The van der Waals surface area contributed by atoms with Gasteiger partial charge >= 0.3 is 0 Å². The summed E-state index contributed by atoms with van der Waals surface area (Å²) < 4.78 is 0. The molecule has 1 atom stereocenters. The molecule has 1 aliphatic rings. The lowest BCUT2D eigenvalue weighted by molar-refractivity contribution is -0.134. The first-order valence-electron chi connectivity index (χ1n) is 9.18. The van der Waals surface area contributed by atoms with Gasteiger partial charge in [-0.15, -0.1) is 0 Å². The molecule has 1 fully saturated rings. The van der Waals surface area contributed by atoms with Crippen molar-refractivity contribution < 1.29 is 9.59 Å². The van der Waals surface area contributed by atoms with Gasteiger partial charge in [-0.25, -0.2) is 0 Å². The molecule has 2 N–H and O–H groups in total. The maximum absolute atomic E-state index is 12.6. The van der Waals surface area contributed by atoms with Crippen LogP contribution in [-0.2, 0) is 15.1 Å². The second kappa shape index (κ2) is 8.48. The van der Waals surface area contributed by atoms with Crippen molar-refractivity contribution in [3.63, 3.8) is 0 Å². The summed E-state index contributed by atoms with van der Waals surface area (Å²) in [6.07, 6.45) is 1.22. The van der Waals surface area contributed by atoms with Crippen molar-refractivity contribution in [2.75, 3.05) is 19.6 Å². The van der Waals surface area contributed by atoms with Crippen LogP contribution in [0, 0.1) is 5.92 Å². The summed E-state index contributed by atoms with van der Waals surface area (Å²) in [6, 6.07) is 9.52. The fourth-order valence-corrected chi connectivity index (χ4v) is 3.18.